The van der Waals surface area contributed by atoms with Crippen LogP contribution < -0.4 is 10.2 Å². The van der Waals surface area contributed by atoms with E-state index in [4.69, 9.17) is 0 Å². The van der Waals surface area contributed by atoms with Crippen molar-refractivity contribution >= 4 is 5.82 Å². The minimum atomic E-state index is -0.264. The minimum Gasteiger partial charge on any atom is -0.356 e. The highest BCUT2D eigenvalue weighted by molar-refractivity contribution is 5.47. The molecule has 1 aromatic heterocycles. The zero-order chi connectivity index (χ0) is 13.8. The van der Waals surface area contributed by atoms with Crippen LogP contribution in [0.15, 0.2) is 12.3 Å². The van der Waals surface area contributed by atoms with E-state index in [9.17, 15) is 4.39 Å². The van der Waals surface area contributed by atoms with Crippen LogP contribution in [0.2, 0.25) is 0 Å². The van der Waals surface area contributed by atoms with E-state index in [1.165, 1.54) is 31.9 Å². The van der Waals surface area contributed by atoms with Crippen molar-refractivity contribution in [3.8, 4) is 0 Å². The van der Waals surface area contributed by atoms with Crippen molar-refractivity contribution in [3.05, 3.63) is 23.6 Å². The summed E-state index contributed by atoms with van der Waals surface area (Å²) in [5.41, 5.74) is 0.934. The summed E-state index contributed by atoms with van der Waals surface area (Å²) in [6.07, 6.45) is 6.33. The Balaban J connectivity index is 2.19. The van der Waals surface area contributed by atoms with Gasteiger partial charge in [0.25, 0.3) is 0 Å². The van der Waals surface area contributed by atoms with Gasteiger partial charge in [0.2, 0.25) is 0 Å². The summed E-state index contributed by atoms with van der Waals surface area (Å²) < 4.78 is 13.3. The molecule has 0 radical (unpaired) electrons. The predicted molar refractivity (Wildman–Crippen MR) is 76.8 cm³/mol. The van der Waals surface area contributed by atoms with Crippen LogP contribution in [-0.4, -0.2) is 25.1 Å². The highest BCUT2D eigenvalue weighted by atomic mass is 19.1. The number of pyridine rings is 1. The highest BCUT2D eigenvalue weighted by Crippen LogP contribution is 2.30. The maximum absolute atomic E-state index is 13.3. The molecule has 1 aliphatic carbocycles. The molecule has 106 valence electrons. The summed E-state index contributed by atoms with van der Waals surface area (Å²) in [5, 5.41) is 3.08. The number of aromatic nitrogens is 1. The number of hydrogen-bond donors (Lipinski definition) is 1. The molecule has 1 heterocycles. The van der Waals surface area contributed by atoms with Crippen LogP contribution in [0.1, 0.15) is 38.2 Å². The summed E-state index contributed by atoms with van der Waals surface area (Å²) in [5.74, 6) is 1.42. The topological polar surface area (TPSA) is 28.2 Å². The minimum absolute atomic E-state index is 0.264. The fourth-order valence-corrected chi connectivity index (χ4v) is 3.04. The van der Waals surface area contributed by atoms with Gasteiger partial charge in [-0.1, -0.05) is 19.8 Å². The Bertz CT molecular complexity index is 422. The summed E-state index contributed by atoms with van der Waals surface area (Å²) in [7, 11) is 3.96. The van der Waals surface area contributed by atoms with E-state index in [0.717, 1.165) is 17.3 Å². The molecular formula is C15H24FN3. The standard InChI is InChI=1S/C15H24FN3/c1-11-5-4-6-14(7-11)19(3)15-12(9-17-2)8-13(16)10-18-15/h8,10-11,14,17H,4-7,9H2,1-3H3. The zero-order valence-corrected chi connectivity index (χ0v) is 12.1. The summed E-state index contributed by atoms with van der Waals surface area (Å²) in [6, 6.07) is 2.11. The van der Waals surface area contributed by atoms with Gasteiger partial charge in [0.15, 0.2) is 0 Å². The maximum Gasteiger partial charge on any atom is 0.141 e. The number of halogens is 1. The molecule has 4 heteroatoms. The van der Waals surface area contributed by atoms with Gasteiger partial charge in [0.1, 0.15) is 11.6 Å². The lowest BCUT2D eigenvalue weighted by molar-refractivity contribution is 0.335. The lowest BCUT2D eigenvalue weighted by Gasteiger charge is -2.35. The first-order valence-electron chi connectivity index (χ1n) is 7.13. The third-order valence-corrected chi connectivity index (χ3v) is 4.07. The second-order valence-corrected chi connectivity index (χ2v) is 5.70. The van der Waals surface area contributed by atoms with Crippen LogP contribution in [0.5, 0.6) is 0 Å². The molecule has 19 heavy (non-hydrogen) atoms. The molecule has 2 unspecified atom stereocenters. The zero-order valence-electron chi connectivity index (χ0n) is 12.1. The second kappa shape index (κ2) is 6.33. The van der Waals surface area contributed by atoms with E-state index in [1.54, 1.807) is 6.07 Å². The van der Waals surface area contributed by atoms with Crippen molar-refractivity contribution < 1.29 is 4.39 Å². The second-order valence-electron chi connectivity index (χ2n) is 5.70. The van der Waals surface area contributed by atoms with Crippen molar-refractivity contribution in [2.24, 2.45) is 5.92 Å². The monoisotopic (exact) mass is 265 g/mol. The van der Waals surface area contributed by atoms with Crippen LogP contribution in [0, 0.1) is 11.7 Å². The number of anilines is 1. The Morgan fingerprint density at radius 2 is 2.26 bits per heavy atom. The van der Waals surface area contributed by atoms with Crippen LogP contribution in [0.25, 0.3) is 0 Å². The van der Waals surface area contributed by atoms with Gasteiger partial charge in [-0.15, -0.1) is 0 Å². The molecule has 0 amide bonds. The van der Waals surface area contributed by atoms with Crippen LogP contribution in [-0.2, 0) is 6.54 Å². The van der Waals surface area contributed by atoms with E-state index in [2.05, 4.69) is 29.2 Å². The molecule has 0 aliphatic heterocycles. The van der Waals surface area contributed by atoms with E-state index in [0.29, 0.717) is 12.6 Å². The summed E-state index contributed by atoms with van der Waals surface area (Å²) in [4.78, 5) is 6.55. The Morgan fingerprint density at radius 1 is 1.47 bits per heavy atom. The Kier molecular flexibility index (Phi) is 4.75. The fourth-order valence-electron chi connectivity index (χ4n) is 3.04. The van der Waals surface area contributed by atoms with Gasteiger partial charge in [0.05, 0.1) is 6.20 Å². The smallest absolute Gasteiger partial charge is 0.141 e. The normalized spacial score (nSPS) is 23.4. The molecule has 0 saturated heterocycles. The average Bonchev–Trinajstić information content (AvgIpc) is 2.39. The summed E-state index contributed by atoms with van der Waals surface area (Å²) >= 11 is 0. The summed E-state index contributed by atoms with van der Waals surface area (Å²) in [6.45, 7) is 2.96. The van der Waals surface area contributed by atoms with Crippen LogP contribution in [0.4, 0.5) is 10.2 Å². The van der Waals surface area contributed by atoms with Gasteiger partial charge in [-0.2, -0.15) is 0 Å². The molecule has 0 spiro atoms. The number of hydrogen-bond acceptors (Lipinski definition) is 3. The number of nitrogens with one attached hydrogen (secondary N) is 1. The third-order valence-electron chi connectivity index (χ3n) is 4.07. The molecule has 2 atom stereocenters. The molecule has 1 saturated carbocycles. The van der Waals surface area contributed by atoms with Gasteiger partial charge in [0, 0.05) is 25.2 Å². The van der Waals surface area contributed by atoms with Crippen LogP contribution >= 0.6 is 0 Å². The van der Waals surface area contributed by atoms with Crippen molar-refractivity contribution in [2.45, 2.75) is 45.2 Å². The molecule has 1 fully saturated rings. The van der Waals surface area contributed by atoms with Crippen molar-refractivity contribution in [3.63, 3.8) is 0 Å². The van der Waals surface area contributed by atoms with Gasteiger partial charge in [-0.3, -0.25) is 0 Å². The first-order valence-corrected chi connectivity index (χ1v) is 7.13. The lowest BCUT2D eigenvalue weighted by Crippen LogP contribution is -2.37. The van der Waals surface area contributed by atoms with Gasteiger partial charge < -0.3 is 10.2 Å². The first-order chi connectivity index (χ1) is 9.11. The van der Waals surface area contributed by atoms with Crippen molar-refractivity contribution in [1.29, 1.82) is 0 Å². The maximum atomic E-state index is 13.3. The SMILES string of the molecule is CNCc1cc(F)cnc1N(C)C1CCCC(C)C1. The molecule has 1 aliphatic rings. The largest absolute Gasteiger partial charge is 0.356 e. The van der Waals surface area contributed by atoms with Crippen LogP contribution in [0.3, 0.4) is 0 Å². The Morgan fingerprint density at radius 3 is 2.95 bits per heavy atom. The van der Waals surface area contributed by atoms with Gasteiger partial charge >= 0.3 is 0 Å². The Labute approximate surface area is 115 Å². The lowest BCUT2D eigenvalue weighted by atomic mass is 9.86. The Hall–Kier alpha value is -1.16. The molecule has 3 nitrogen and oxygen atoms in total. The fraction of sp³-hybridized carbons (Fsp3) is 0.667. The van der Waals surface area contributed by atoms with E-state index >= 15 is 0 Å². The highest BCUT2D eigenvalue weighted by Gasteiger charge is 2.24. The van der Waals surface area contributed by atoms with Crippen molar-refractivity contribution in [1.82, 2.24) is 10.3 Å². The quantitative estimate of drug-likeness (QED) is 0.907. The van der Waals surface area contributed by atoms with E-state index < -0.39 is 0 Å². The van der Waals surface area contributed by atoms with E-state index in [-0.39, 0.29) is 5.82 Å². The third kappa shape index (κ3) is 3.44. The molecule has 0 aromatic carbocycles. The number of rotatable bonds is 4. The molecular weight excluding hydrogens is 241 g/mol. The molecule has 0 bridgehead atoms. The molecule has 1 N–H and O–H groups in total. The van der Waals surface area contributed by atoms with E-state index in [1.807, 2.05) is 7.05 Å². The molecule has 1 aromatic rings. The predicted octanol–water partition coefficient (Wildman–Crippen LogP) is 2.96. The van der Waals surface area contributed by atoms with Crippen molar-refractivity contribution in [2.75, 3.05) is 19.0 Å². The molecule has 2 rings (SSSR count). The number of nitrogens with zero attached hydrogens (tertiary/aromatic N) is 2. The van der Waals surface area contributed by atoms with Gasteiger partial charge in [-0.25, -0.2) is 9.37 Å². The average molecular weight is 265 g/mol. The van der Waals surface area contributed by atoms with Gasteiger partial charge in [-0.05, 0) is 31.9 Å². The first kappa shape index (κ1) is 14.3.